The standard InChI is InChI=1S/C22H24N4O7/c1-3-33-19(28)12-17(14-8-10-15(11-9-14)26(31)32)20(21(23)29)25-22(30)16-6-4-5-7-18(16)24-13(2)27/h4-11,17,20H,3,12H2,1-2H3,(H2,23,29)(H,24,27)(H,25,30)/t17-,20+/m0/s1. The molecular weight excluding hydrogens is 432 g/mol. The molecule has 2 rings (SSSR count). The molecule has 3 amide bonds. The molecule has 11 heteroatoms. The fourth-order valence-corrected chi connectivity index (χ4v) is 3.24. The number of hydrogen-bond acceptors (Lipinski definition) is 7. The summed E-state index contributed by atoms with van der Waals surface area (Å²) in [7, 11) is 0. The molecule has 0 saturated carbocycles. The predicted octanol–water partition coefficient (Wildman–Crippen LogP) is 1.87. The van der Waals surface area contributed by atoms with Crippen LogP contribution in [-0.2, 0) is 19.1 Å². The van der Waals surface area contributed by atoms with Crippen LogP contribution in [0.2, 0.25) is 0 Å². The van der Waals surface area contributed by atoms with Crippen LogP contribution in [0.3, 0.4) is 0 Å². The number of ether oxygens (including phenoxy) is 1. The molecule has 0 spiro atoms. The third-order valence-corrected chi connectivity index (χ3v) is 4.70. The van der Waals surface area contributed by atoms with Gasteiger partial charge in [-0.1, -0.05) is 24.3 Å². The molecule has 0 heterocycles. The molecule has 11 nitrogen and oxygen atoms in total. The molecule has 174 valence electrons. The minimum atomic E-state index is -1.35. The number of rotatable bonds is 10. The van der Waals surface area contributed by atoms with Gasteiger partial charge >= 0.3 is 5.97 Å². The van der Waals surface area contributed by atoms with Gasteiger partial charge in [-0.2, -0.15) is 0 Å². The van der Waals surface area contributed by atoms with E-state index in [0.717, 1.165) is 0 Å². The molecular formula is C22H24N4O7. The third-order valence-electron chi connectivity index (χ3n) is 4.70. The molecule has 0 aliphatic rings. The number of carbonyl (C=O) groups excluding carboxylic acids is 4. The summed E-state index contributed by atoms with van der Waals surface area (Å²) in [6, 6.07) is 10.0. The van der Waals surface area contributed by atoms with Gasteiger partial charge in [0.2, 0.25) is 11.8 Å². The number of benzene rings is 2. The number of carbonyl (C=O) groups is 4. The minimum Gasteiger partial charge on any atom is -0.466 e. The maximum atomic E-state index is 13.0. The van der Waals surface area contributed by atoms with Crippen molar-refractivity contribution in [2.24, 2.45) is 5.73 Å². The van der Waals surface area contributed by atoms with Gasteiger partial charge in [0, 0.05) is 25.0 Å². The van der Waals surface area contributed by atoms with Crippen molar-refractivity contribution in [3.05, 3.63) is 69.8 Å². The molecule has 0 aliphatic heterocycles. The van der Waals surface area contributed by atoms with Crippen molar-refractivity contribution >= 4 is 35.1 Å². The normalized spacial score (nSPS) is 12.2. The number of nitro groups is 1. The molecule has 0 radical (unpaired) electrons. The van der Waals surface area contributed by atoms with Crippen LogP contribution in [0.25, 0.3) is 0 Å². The summed E-state index contributed by atoms with van der Waals surface area (Å²) in [6.07, 6.45) is -0.313. The van der Waals surface area contributed by atoms with Crippen LogP contribution < -0.4 is 16.4 Å². The van der Waals surface area contributed by atoms with Gasteiger partial charge < -0.3 is 21.1 Å². The van der Waals surface area contributed by atoms with E-state index in [4.69, 9.17) is 10.5 Å². The van der Waals surface area contributed by atoms with Crippen LogP contribution in [0.1, 0.15) is 42.1 Å². The summed E-state index contributed by atoms with van der Waals surface area (Å²) >= 11 is 0. The van der Waals surface area contributed by atoms with Crippen molar-refractivity contribution in [2.45, 2.75) is 32.2 Å². The van der Waals surface area contributed by atoms with Gasteiger partial charge in [0.25, 0.3) is 11.6 Å². The third kappa shape index (κ3) is 6.86. The number of nitrogens with zero attached hydrogens (tertiary/aromatic N) is 1. The van der Waals surface area contributed by atoms with Gasteiger partial charge in [0.05, 0.1) is 29.2 Å². The van der Waals surface area contributed by atoms with E-state index in [-0.39, 0.29) is 30.0 Å². The van der Waals surface area contributed by atoms with Crippen LogP contribution in [0.4, 0.5) is 11.4 Å². The van der Waals surface area contributed by atoms with Crippen LogP contribution in [0.15, 0.2) is 48.5 Å². The van der Waals surface area contributed by atoms with Crippen molar-refractivity contribution in [2.75, 3.05) is 11.9 Å². The average Bonchev–Trinajstić information content (AvgIpc) is 2.76. The Labute approximate surface area is 189 Å². The number of hydrogen-bond donors (Lipinski definition) is 3. The lowest BCUT2D eigenvalue weighted by Gasteiger charge is -2.26. The molecule has 33 heavy (non-hydrogen) atoms. The zero-order chi connectivity index (χ0) is 24.5. The first-order valence-corrected chi connectivity index (χ1v) is 10.0. The second-order valence-electron chi connectivity index (χ2n) is 7.04. The highest BCUT2D eigenvalue weighted by atomic mass is 16.6. The van der Waals surface area contributed by atoms with Crippen LogP contribution in [-0.4, -0.2) is 41.3 Å². The topological polar surface area (TPSA) is 171 Å². The van der Waals surface area contributed by atoms with E-state index in [1.54, 1.807) is 19.1 Å². The predicted molar refractivity (Wildman–Crippen MR) is 118 cm³/mol. The Hall–Kier alpha value is -4.28. The molecule has 0 aliphatic carbocycles. The SMILES string of the molecule is CCOC(=O)C[C@@H](c1ccc([N+](=O)[O-])cc1)[C@@H](NC(=O)c1ccccc1NC(C)=O)C(N)=O. The van der Waals surface area contributed by atoms with E-state index in [1.165, 1.54) is 43.3 Å². The van der Waals surface area contributed by atoms with Gasteiger partial charge in [-0.05, 0) is 24.6 Å². The Morgan fingerprint density at radius 3 is 2.27 bits per heavy atom. The largest absolute Gasteiger partial charge is 0.466 e. The fraction of sp³-hybridized carbons (Fsp3) is 0.273. The summed E-state index contributed by atoms with van der Waals surface area (Å²) in [5.41, 5.74) is 6.06. The van der Waals surface area contributed by atoms with Gasteiger partial charge in [0.15, 0.2) is 0 Å². The number of anilines is 1. The second-order valence-corrected chi connectivity index (χ2v) is 7.04. The molecule has 2 aromatic rings. The van der Waals surface area contributed by atoms with Crippen molar-refractivity contribution in [1.82, 2.24) is 5.32 Å². The number of primary amides is 1. The number of non-ortho nitro benzene ring substituents is 1. The van der Waals surface area contributed by atoms with Crippen molar-refractivity contribution in [3.63, 3.8) is 0 Å². The first-order valence-electron chi connectivity index (χ1n) is 10.0. The number of nitrogens with one attached hydrogen (secondary N) is 2. The summed E-state index contributed by atoms with van der Waals surface area (Å²) in [5.74, 6) is -3.63. The smallest absolute Gasteiger partial charge is 0.306 e. The highest BCUT2D eigenvalue weighted by Gasteiger charge is 2.33. The average molecular weight is 456 g/mol. The number of amides is 3. The summed E-state index contributed by atoms with van der Waals surface area (Å²) < 4.78 is 4.98. The lowest BCUT2D eigenvalue weighted by molar-refractivity contribution is -0.384. The lowest BCUT2D eigenvalue weighted by Crippen LogP contribution is -2.49. The van der Waals surface area contributed by atoms with Crippen molar-refractivity contribution < 1.29 is 28.8 Å². The van der Waals surface area contributed by atoms with Gasteiger partial charge in [-0.25, -0.2) is 0 Å². The number of nitrogens with two attached hydrogens (primary N) is 1. The monoisotopic (exact) mass is 456 g/mol. The fourth-order valence-electron chi connectivity index (χ4n) is 3.24. The summed E-state index contributed by atoms with van der Waals surface area (Å²) in [4.78, 5) is 59.4. The molecule has 0 aromatic heterocycles. The van der Waals surface area contributed by atoms with Gasteiger partial charge in [0.1, 0.15) is 6.04 Å². The van der Waals surface area contributed by atoms with E-state index in [0.29, 0.717) is 5.56 Å². The minimum absolute atomic E-state index is 0.0811. The van der Waals surface area contributed by atoms with E-state index < -0.39 is 40.6 Å². The molecule has 4 N–H and O–H groups in total. The highest BCUT2D eigenvalue weighted by Crippen LogP contribution is 2.27. The molecule has 2 atom stereocenters. The van der Waals surface area contributed by atoms with Gasteiger partial charge in [-0.15, -0.1) is 0 Å². The van der Waals surface area contributed by atoms with E-state index >= 15 is 0 Å². The highest BCUT2D eigenvalue weighted by molar-refractivity contribution is 6.04. The Kier molecular flexibility index (Phi) is 8.61. The maximum absolute atomic E-state index is 13.0. The zero-order valence-corrected chi connectivity index (χ0v) is 18.1. The number of nitro benzene ring substituents is 1. The first kappa shape index (κ1) is 25.0. The second kappa shape index (κ2) is 11.4. The molecule has 0 bridgehead atoms. The van der Waals surface area contributed by atoms with E-state index in [9.17, 15) is 29.3 Å². The molecule has 2 aromatic carbocycles. The van der Waals surface area contributed by atoms with Crippen LogP contribution in [0, 0.1) is 10.1 Å². The number of esters is 1. The van der Waals surface area contributed by atoms with Crippen LogP contribution in [0.5, 0.6) is 0 Å². The summed E-state index contributed by atoms with van der Waals surface area (Å²) in [5, 5.41) is 16.0. The molecule has 0 fully saturated rings. The molecule has 0 saturated heterocycles. The zero-order valence-electron chi connectivity index (χ0n) is 18.1. The van der Waals surface area contributed by atoms with E-state index in [1.807, 2.05) is 0 Å². The Morgan fingerprint density at radius 2 is 1.73 bits per heavy atom. The van der Waals surface area contributed by atoms with Crippen molar-refractivity contribution in [1.29, 1.82) is 0 Å². The first-order chi connectivity index (χ1) is 15.6. The number of para-hydroxylation sites is 1. The molecule has 0 unspecified atom stereocenters. The Bertz CT molecular complexity index is 1050. The quantitative estimate of drug-likeness (QED) is 0.278. The maximum Gasteiger partial charge on any atom is 0.306 e. The van der Waals surface area contributed by atoms with Crippen LogP contribution >= 0.6 is 0 Å². The Balaban J connectivity index is 2.42. The van der Waals surface area contributed by atoms with Gasteiger partial charge in [-0.3, -0.25) is 29.3 Å². The Morgan fingerprint density at radius 1 is 1.09 bits per heavy atom. The van der Waals surface area contributed by atoms with E-state index in [2.05, 4.69) is 10.6 Å². The summed E-state index contributed by atoms with van der Waals surface area (Å²) in [6.45, 7) is 3.00. The lowest BCUT2D eigenvalue weighted by atomic mass is 9.87. The van der Waals surface area contributed by atoms with Crippen molar-refractivity contribution in [3.8, 4) is 0 Å².